The summed E-state index contributed by atoms with van der Waals surface area (Å²) in [5.74, 6) is 2.20. The van der Waals surface area contributed by atoms with Crippen LogP contribution in [-0.2, 0) is 16.3 Å². The van der Waals surface area contributed by atoms with Crippen LogP contribution in [0, 0.1) is 13.8 Å². The van der Waals surface area contributed by atoms with E-state index in [1.807, 2.05) is 6.92 Å². The molecule has 0 unspecified atom stereocenters. The maximum Gasteiger partial charge on any atom is 0.231 e. The van der Waals surface area contributed by atoms with Crippen LogP contribution >= 0.6 is 0 Å². The Morgan fingerprint density at radius 1 is 1.07 bits per heavy atom. The van der Waals surface area contributed by atoms with Gasteiger partial charge in [0.15, 0.2) is 15.5 Å². The number of aryl methyl sites for hydroxylation is 2. The van der Waals surface area contributed by atoms with Gasteiger partial charge in [-0.25, -0.2) is 8.42 Å². The highest BCUT2D eigenvalue weighted by molar-refractivity contribution is 7.92. The van der Waals surface area contributed by atoms with Crippen LogP contribution in [0.2, 0.25) is 0 Å². The van der Waals surface area contributed by atoms with Crippen molar-refractivity contribution in [2.75, 3.05) is 30.8 Å². The second kappa shape index (κ2) is 10.9. The van der Waals surface area contributed by atoms with Crippen LogP contribution in [0.3, 0.4) is 0 Å². The summed E-state index contributed by atoms with van der Waals surface area (Å²) in [6.07, 6.45) is 3.25. The Morgan fingerprint density at radius 3 is 2.55 bits per heavy atom. The second-order valence-corrected chi connectivity index (χ2v) is 14.4. The van der Waals surface area contributed by atoms with E-state index in [0.717, 1.165) is 49.5 Å². The number of ether oxygens (including phenoxy) is 1. The highest BCUT2D eigenvalue weighted by Crippen LogP contribution is 2.46. The topological polar surface area (TPSA) is 125 Å². The predicted octanol–water partition coefficient (Wildman–Crippen LogP) is 5.77. The van der Waals surface area contributed by atoms with Crippen LogP contribution < -0.4 is 15.4 Å². The number of likely N-dealkylation sites (tertiary alicyclic amines) is 1. The normalized spacial score (nSPS) is 17.9. The molecule has 6 rings (SSSR count). The van der Waals surface area contributed by atoms with Gasteiger partial charge in [-0.2, -0.15) is 15.1 Å². The molecule has 0 saturated carbocycles. The summed E-state index contributed by atoms with van der Waals surface area (Å²) in [5.41, 5.74) is 6.48. The van der Waals surface area contributed by atoms with Gasteiger partial charge in [0.2, 0.25) is 5.95 Å². The van der Waals surface area contributed by atoms with Crippen LogP contribution in [0.15, 0.2) is 35.2 Å². The Balaban J connectivity index is 1.40. The minimum Gasteiger partial charge on any atom is -0.488 e. The van der Waals surface area contributed by atoms with Crippen LogP contribution in [0.4, 0.5) is 23.1 Å². The minimum atomic E-state index is -3.53. The number of benzene rings is 2. The third kappa shape index (κ3) is 5.09. The van der Waals surface area contributed by atoms with Crippen molar-refractivity contribution in [1.82, 2.24) is 25.1 Å². The summed E-state index contributed by atoms with van der Waals surface area (Å²) < 4.78 is 32.7. The molecular formula is C31H39N7O3S. The molecule has 2 aliphatic rings. The van der Waals surface area contributed by atoms with Gasteiger partial charge in [0.25, 0.3) is 0 Å². The third-order valence-electron chi connectivity index (χ3n) is 8.48. The number of para-hydroxylation sites is 1. The zero-order valence-electron chi connectivity index (χ0n) is 25.1. The molecule has 0 aliphatic carbocycles. The Labute approximate surface area is 247 Å². The molecular weight excluding hydrogens is 550 g/mol. The number of piperidine rings is 1. The maximum absolute atomic E-state index is 13.1. The lowest BCUT2D eigenvalue weighted by atomic mass is 9.82. The quantitative estimate of drug-likeness (QED) is 0.246. The number of nitrogens with one attached hydrogen (secondary N) is 3. The molecule has 4 aromatic rings. The van der Waals surface area contributed by atoms with Crippen molar-refractivity contribution in [2.45, 2.75) is 76.0 Å². The van der Waals surface area contributed by atoms with E-state index in [1.165, 1.54) is 16.7 Å². The monoisotopic (exact) mass is 589 g/mol. The van der Waals surface area contributed by atoms with Crippen molar-refractivity contribution >= 4 is 44.0 Å². The number of rotatable bonds is 7. The highest BCUT2D eigenvalue weighted by atomic mass is 32.2. The fraction of sp³-hybridized carbons (Fsp3) is 0.452. The lowest BCUT2D eigenvalue weighted by Gasteiger charge is -2.31. The van der Waals surface area contributed by atoms with Crippen molar-refractivity contribution in [3.8, 4) is 5.75 Å². The Morgan fingerprint density at radius 2 is 1.81 bits per heavy atom. The SMILES string of the molecule is Cc1cc(Nc2nc(Nc3ccccc3S(=O)(=O)C(C)C)c3c(C)[nH]nc3n2)c2c(c1C1CCN(C)CC1)C[C@H](C)O2. The molecule has 1 atom stereocenters. The molecule has 0 radical (unpaired) electrons. The number of hydrogen-bond acceptors (Lipinski definition) is 9. The first-order chi connectivity index (χ1) is 20.0. The standard InChI is InChI=1S/C31H39N7O3S/c1-17(2)42(39,40)25-10-8-7-9-23(25)32-29-27-20(5)36-37-30(27)35-31(34-29)33-24-15-18(3)26(21-11-13-38(6)14-12-21)22-16-19(4)41-28(22)24/h7-10,15,17,19,21H,11-14,16H2,1-6H3,(H3,32,33,34,35,36,37)/t19-/m0/s1. The lowest BCUT2D eigenvalue weighted by Crippen LogP contribution is -2.29. The lowest BCUT2D eigenvalue weighted by molar-refractivity contribution is 0.254. The first kappa shape index (κ1) is 28.4. The first-order valence-corrected chi connectivity index (χ1v) is 16.2. The number of nitrogens with zero attached hydrogens (tertiary/aromatic N) is 4. The van der Waals surface area contributed by atoms with Gasteiger partial charge >= 0.3 is 0 Å². The molecule has 0 bridgehead atoms. The van der Waals surface area contributed by atoms with Gasteiger partial charge in [0.1, 0.15) is 17.7 Å². The molecule has 0 amide bonds. The molecule has 10 nitrogen and oxygen atoms in total. The van der Waals surface area contributed by atoms with Crippen molar-refractivity contribution in [3.63, 3.8) is 0 Å². The van der Waals surface area contributed by atoms with Gasteiger partial charge in [0, 0.05) is 17.7 Å². The summed E-state index contributed by atoms with van der Waals surface area (Å²) in [4.78, 5) is 12.2. The van der Waals surface area contributed by atoms with Crippen LogP contribution in [0.5, 0.6) is 5.75 Å². The number of hydrogen-bond donors (Lipinski definition) is 3. The molecule has 2 aromatic heterocycles. The molecule has 222 valence electrons. The largest absolute Gasteiger partial charge is 0.488 e. The van der Waals surface area contributed by atoms with Gasteiger partial charge in [-0.1, -0.05) is 12.1 Å². The molecule has 1 saturated heterocycles. The number of fused-ring (bicyclic) bond motifs is 2. The van der Waals surface area contributed by atoms with Gasteiger partial charge in [-0.05, 0) is 103 Å². The van der Waals surface area contributed by atoms with Gasteiger partial charge in [0.05, 0.1) is 26.9 Å². The van der Waals surface area contributed by atoms with Crippen molar-refractivity contribution < 1.29 is 13.2 Å². The number of sulfone groups is 1. The van der Waals surface area contributed by atoms with E-state index in [2.05, 4.69) is 52.7 Å². The first-order valence-electron chi connectivity index (χ1n) is 14.6. The Kier molecular flexibility index (Phi) is 7.34. The van der Waals surface area contributed by atoms with Crippen molar-refractivity contribution in [2.24, 2.45) is 0 Å². The average Bonchev–Trinajstić information content (AvgIpc) is 3.52. The third-order valence-corrected chi connectivity index (χ3v) is 10.7. The van der Waals surface area contributed by atoms with Crippen molar-refractivity contribution in [1.29, 1.82) is 0 Å². The van der Waals surface area contributed by atoms with E-state index >= 15 is 0 Å². The van der Waals surface area contributed by atoms with Crippen molar-refractivity contribution in [3.05, 3.63) is 52.7 Å². The van der Waals surface area contributed by atoms with Crippen LogP contribution in [-0.4, -0.2) is 65.0 Å². The van der Waals surface area contributed by atoms with Gasteiger partial charge in [-0.3, -0.25) is 5.10 Å². The highest BCUT2D eigenvalue weighted by Gasteiger charge is 2.32. The van der Waals surface area contributed by atoms with Crippen LogP contribution in [0.25, 0.3) is 11.0 Å². The molecule has 42 heavy (non-hydrogen) atoms. The predicted molar refractivity (Wildman–Crippen MR) is 166 cm³/mol. The molecule has 4 heterocycles. The summed E-state index contributed by atoms with van der Waals surface area (Å²) in [6, 6.07) is 9.04. The molecule has 0 spiro atoms. The van der Waals surface area contributed by atoms with Gasteiger partial charge < -0.3 is 20.3 Å². The summed E-state index contributed by atoms with van der Waals surface area (Å²) in [5, 5.41) is 14.2. The summed E-state index contributed by atoms with van der Waals surface area (Å²) in [7, 11) is -1.35. The zero-order valence-corrected chi connectivity index (χ0v) is 25.9. The van der Waals surface area contributed by atoms with Gasteiger partial charge in [-0.15, -0.1) is 0 Å². The van der Waals surface area contributed by atoms with E-state index in [1.54, 1.807) is 38.1 Å². The number of aromatic amines is 1. The Hall–Kier alpha value is -3.70. The number of aromatic nitrogens is 4. The van der Waals surface area contributed by atoms with E-state index in [4.69, 9.17) is 14.7 Å². The molecule has 2 aliphatic heterocycles. The maximum atomic E-state index is 13.1. The number of H-pyrrole nitrogens is 1. The second-order valence-electron chi connectivity index (χ2n) is 12.0. The summed E-state index contributed by atoms with van der Waals surface area (Å²) >= 11 is 0. The smallest absolute Gasteiger partial charge is 0.231 e. The molecule has 3 N–H and O–H groups in total. The molecule has 2 aromatic carbocycles. The van der Waals surface area contributed by atoms with E-state index in [9.17, 15) is 8.42 Å². The number of anilines is 4. The van der Waals surface area contributed by atoms with Crippen LogP contribution in [0.1, 0.15) is 61.9 Å². The average molecular weight is 590 g/mol. The molecule has 1 fully saturated rings. The van der Waals surface area contributed by atoms with E-state index < -0.39 is 15.1 Å². The fourth-order valence-corrected chi connectivity index (χ4v) is 7.44. The van der Waals surface area contributed by atoms with E-state index in [-0.39, 0.29) is 11.0 Å². The summed E-state index contributed by atoms with van der Waals surface area (Å²) in [6.45, 7) is 11.7. The zero-order chi connectivity index (χ0) is 29.8. The van der Waals surface area contributed by atoms with E-state index in [0.29, 0.717) is 34.4 Å². The Bertz CT molecular complexity index is 1760. The fourth-order valence-electron chi connectivity index (χ4n) is 6.24. The molecule has 11 heteroatoms. The minimum absolute atomic E-state index is 0.0846.